The van der Waals surface area contributed by atoms with E-state index in [-0.39, 0.29) is 10.3 Å². The van der Waals surface area contributed by atoms with Crippen LogP contribution in [-0.4, -0.2) is 80.8 Å². The molecule has 0 bridgehead atoms. The van der Waals surface area contributed by atoms with E-state index in [0.717, 1.165) is 71.0 Å². The van der Waals surface area contributed by atoms with Gasteiger partial charge in [-0.05, 0) is 68.2 Å². The van der Waals surface area contributed by atoms with E-state index >= 15 is 0 Å². The van der Waals surface area contributed by atoms with Crippen LogP contribution in [0.5, 0.6) is 0 Å². The van der Waals surface area contributed by atoms with E-state index in [1.165, 1.54) is 18.2 Å². The van der Waals surface area contributed by atoms with E-state index in [2.05, 4.69) is 4.90 Å². The normalized spacial score (nSPS) is 25.2. The number of rotatable bonds is 4. The van der Waals surface area contributed by atoms with Gasteiger partial charge in [0.15, 0.2) is 0 Å². The van der Waals surface area contributed by atoms with Crippen LogP contribution in [0.2, 0.25) is 0 Å². The first-order valence-corrected chi connectivity index (χ1v) is 12.7. The summed E-state index contributed by atoms with van der Waals surface area (Å²) in [7, 11) is -3.62. The second-order valence-corrected chi connectivity index (χ2v) is 11.2. The highest BCUT2D eigenvalue weighted by Gasteiger charge is 2.45. The van der Waals surface area contributed by atoms with Crippen molar-refractivity contribution in [2.45, 2.75) is 43.2 Å². The summed E-state index contributed by atoms with van der Waals surface area (Å²) in [5, 5.41) is 7.12. The van der Waals surface area contributed by atoms with Crippen LogP contribution in [-0.2, 0) is 19.6 Å². The molecular formula is C22H30F4N2O5S. The molecule has 0 aromatic heterocycles. The number of piperidine rings is 1. The zero-order chi connectivity index (χ0) is 25.0. The third-order valence-corrected chi connectivity index (χ3v) is 8.52. The quantitative estimate of drug-likeness (QED) is 0.626. The highest BCUT2D eigenvalue weighted by molar-refractivity contribution is 7.89. The number of ether oxygens (including phenoxy) is 1. The molecule has 1 spiro atoms. The van der Waals surface area contributed by atoms with Crippen LogP contribution in [0.3, 0.4) is 0 Å². The standard InChI is InChI=1S/C20H29FN2O3S.C2HF3O2/c21-18-3-1-4-19(13-18)27(24,25)23-10-8-20(16-23)7-2-9-22(15-20)14-17-5-11-26-12-6-17;3-2(4,5)1(6)7/h1,3-4,13,17H,2,5-12,14-16H2;(H,6,7). The zero-order valence-corrected chi connectivity index (χ0v) is 19.6. The number of carbonyl (C=O) groups is 1. The van der Waals surface area contributed by atoms with Gasteiger partial charge in [-0.1, -0.05) is 6.07 Å². The molecular weight excluding hydrogens is 480 g/mol. The van der Waals surface area contributed by atoms with Gasteiger partial charge in [-0.3, -0.25) is 0 Å². The fraction of sp³-hybridized carbons (Fsp3) is 0.682. The first-order valence-electron chi connectivity index (χ1n) is 11.3. The Balaban J connectivity index is 0.000000406. The molecule has 0 aliphatic carbocycles. The predicted molar refractivity (Wildman–Crippen MR) is 115 cm³/mol. The molecule has 1 aromatic carbocycles. The first-order chi connectivity index (χ1) is 15.9. The summed E-state index contributed by atoms with van der Waals surface area (Å²) in [5.41, 5.74) is 0.0454. The number of benzene rings is 1. The van der Waals surface area contributed by atoms with E-state index in [4.69, 9.17) is 14.6 Å². The van der Waals surface area contributed by atoms with E-state index in [1.807, 2.05) is 0 Å². The van der Waals surface area contributed by atoms with Crippen LogP contribution in [0.4, 0.5) is 17.6 Å². The average molecular weight is 511 g/mol. The molecule has 3 aliphatic rings. The van der Waals surface area contributed by atoms with Gasteiger partial charge in [0.25, 0.3) is 0 Å². The van der Waals surface area contributed by atoms with Crippen LogP contribution in [0.1, 0.15) is 32.1 Å². The van der Waals surface area contributed by atoms with Gasteiger partial charge in [0.05, 0.1) is 4.90 Å². The number of halogens is 4. The monoisotopic (exact) mass is 510 g/mol. The molecule has 12 heteroatoms. The summed E-state index contributed by atoms with van der Waals surface area (Å²) in [5.74, 6) is -2.57. The minimum absolute atomic E-state index is 0.0454. The van der Waals surface area contributed by atoms with Gasteiger partial charge in [-0.25, -0.2) is 17.6 Å². The van der Waals surface area contributed by atoms with Gasteiger partial charge in [0.1, 0.15) is 5.82 Å². The molecule has 1 unspecified atom stereocenters. The number of carboxylic acids is 1. The molecule has 4 rings (SSSR count). The maximum absolute atomic E-state index is 13.5. The van der Waals surface area contributed by atoms with E-state index in [1.54, 1.807) is 4.31 Å². The third-order valence-electron chi connectivity index (χ3n) is 6.68. The van der Waals surface area contributed by atoms with Gasteiger partial charge >= 0.3 is 12.1 Å². The molecule has 0 amide bonds. The maximum Gasteiger partial charge on any atom is 0.490 e. The molecule has 0 saturated carbocycles. The Morgan fingerprint density at radius 1 is 1.15 bits per heavy atom. The lowest BCUT2D eigenvalue weighted by Crippen LogP contribution is -2.47. The minimum Gasteiger partial charge on any atom is -0.475 e. The summed E-state index contributed by atoms with van der Waals surface area (Å²) in [6.45, 7) is 5.99. The van der Waals surface area contributed by atoms with Crippen LogP contribution in [0.15, 0.2) is 29.2 Å². The van der Waals surface area contributed by atoms with Crippen LogP contribution in [0, 0.1) is 17.2 Å². The number of nitrogens with zero attached hydrogens (tertiary/aromatic N) is 2. The molecule has 1 atom stereocenters. The van der Waals surface area contributed by atoms with Gasteiger partial charge in [0.2, 0.25) is 10.0 Å². The van der Waals surface area contributed by atoms with Gasteiger partial charge < -0.3 is 14.7 Å². The van der Waals surface area contributed by atoms with Crippen molar-refractivity contribution in [1.82, 2.24) is 9.21 Å². The van der Waals surface area contributed by atoms with Crippen molar-refractivity contribution in [1.29, 1.82) is 0 Å². The molecule has 34 heavy (non-hydrogen) atoms. The number of alkyl halides is 3. The van der Waals surface area contributed by atoms with Crippen molar-refractivity contribution in [3.8, 4) is 0 Å². The number of likely N-dealkylation sites (tertiary alicyclic amines) is 1. The van der Waals surface area contributed by atoms with Crippen molar-refractivity contribution in [3.63, 3.8) is 0 Å². The van der Waals surface area contributed by atoms with Crippen molar-refractivity contribution >= 4 is 16.0 Å². The van der Waals surface area contributed by atoms with Crippen molar-refractivity contribution < 1.29 is 40.6 Å². The van der Waals surface area contributed by atoms with Gasteiger partial charge in [-0.15, -0.1) is 0 Å². The van der Waals surface area contributed by atoms with Gasteiger partial charge in [-0.2, -0.15) is 17.5 Å². The molecule has 1 N–H and O–H groups in total. The summed E-state index contributed by atoms with van der Waals surface area (Å²) in [6.07, 6.45) is 0.266. The fourth-order valence-corrected chi connectivity index (χ4v) is 6.55. The SMILES string of the molecule is O=C(O)C(F)(F)F.O=S(=O)(c1cccc(F)c1)N1CCC2(CCCN(CC3CCOCC3)C2)C1. The zero-order valence-electron chi connectivity index (χ0n) is 18.8. The summed E-state index contributed by atoms with van der Waals surface area (Å²) >= 11 is 0. The number of hydrogen-bond acceptors (Lipinski definition) is 5. The molecule has 192 valence electrons. The molecule has 3 saturated heterocycles. The summed E-state index contributed by atoms with van der Waals surface area (Å²) in [4.78, 5) is 11.5. The summed E-state index contributed by atoms with van der Waals surface area (Å²) < 4.78 is 78.2. The number of sulfonamides is 1. The average Bonchev–Trinajstić information content (AvgIpc) is 3.18. The minimum atomic E-state index is -5.08. The second kappa shape index (κ2) is 10.9. The lowest BCUT2D eigenvalue weighted by atomic mass is 9.79. The van der Waals surface area contributed by atoms with E-state index < -0.39 is 28.0 Å². The predicted octanol–water partition coefficient (Wildman–Crippen LogP) is 3.36. The number of carboxylic acid groups (broad SMARTS) is 1. The van der Waals surface area contributed by atoms with Crippen molar-refractivity contribution in [2.75, 3.05) is 45.9 Å². The van der Waals surface area contributed by atoms with Crippen molar-refractivity contribution in [3.05, 3.63) is 30.1 Å². The Hall–Kier alpha value is -1.76. The lowest BCUT2D eigenvalue weighted by Gasteiger charge is -2.42. The molecule has 0 radical (unpaired) electrons. The smallest absolute Gasteiger partial charge is 0.475 e. The first kappa shape index (κ1) is 26.8. The van der Waals surface area contributed by atoms with Crippen LogP contribution < -0.4 is 0 Å². The Labute approximate surface area is 196 Å². The number of aliphatic carboxylic acids is 1. The third kappa shape index (κ3) is 6.89. The molecule has 1 aromatic rings. The van der Waals surface area contributed by atoms with E-state index in [9.17, 15) is 26.0 Å². The Kier molecular flexibility index (Phi) is 8.59. The highest BCUT2D eigenvalue weighted by atomic mass is 32.2. The Morgan fingerprint density at radius 2 is 1.82 bits per heavy atom. The van der Waals surface area contributed by atoms with E-state index in [0.29, 0.717) is 19.0 Å². The highest BCUT2D eigenvalue weighted by Crippen LogP contribution is 2.41. The summed E-state index contributed by atoms with van der Waals surface area (Å²) in [6, 6.07) is 5.35. The molecule has 3 heterocycles. The van der Waals surface area contributed by atoms with Gasteiger partial charge in [0, 0.05) is 39.4 Å². The Morgan fingerprint density at radius 3 is 2.44 bits per heavy atom. The maximum atomic E-state index is 13.5. The topological polar surface area (TPSA) is 87.1 Å². The van der Waals surface area contributed by atoms with Crippen molar-refractivity contribution in [2.24, 2.45) is 11.3 Å². The van der Waals surface area contributed by atoms with Crippen LogP contribution >= 0.6 is 0 Å². The molecule has 7 nitrogen and oxygen atoms in total. The van der Waals surface area contributed by atoms with Crippen LogP contribution in [0.25, 0.3) is 0 Å². The number of hydrogen-bond donors (Lipinski definition) is 1. The lowest BCUT2D eigenvalue weighted by molar-refractivity contribution is -0.192. The largest absolute Gasteiger partial charge is 0.490 e. The fourth-order valence-electron chi connectivity index (χ4n) is 4.97. The second-order valence-electron chi connectivity index (χ2n) is 9.24. The molecule has 3 fully saturated rings. The Bertz CT molecular complexity index is 953. The molecule has 3 aliphatic heterocycles.